The lowest BCUT2D eigenvalue weighted by Gasteiger charge is -2.07. The molecule has 3 rings (SSSR count). The second-order valence-corrected chi connectivity index (χ2v) is 7.70. The maximum atomic E-state index is 14.0. The van der Waals surface area contributed by atoms with E-state index >= 15 is 0 Å². The van der Waals surface area contributed by atoms with Crippen molar-refractivity contribution in [2.75, 3.05) is 16.7 Å². The zero-order chi connectivity index (χ0) is 18.4. The van der Waals surface area contributed by atoms with Crippen LogP contribution in [0.4, 0.5) is 15.9 Å². The molecule has 0 atom stereocenters. The number of halogens is 1. The van der Waals surface area contributed by atoms with Crippen LogP contribution in [-0.4, -0.2) is 34.4 Å². The van der Waals surface area contributed by atoms with Crippen LogP contribution in [0.5, 0.6) is 0 Å². The highest BCUT2D eigenvalue weighted by Crippen LogP contribution is 2.33. The second-order valence-electron chi connectivity index (χ2n) is 5.95. The summed E-state index contributed by atoms with van der Waals surface area (Å²) in [6, 6.07) is 3.83. The molecular weight excluding hydrogens is 347 g/mol. The molecule has 2 heterocycles. The highest BCUT2D eigenvalue weighted by Gasteiger charge is 2.19. The second kappa shape index (κ2) is 5.96. The SMILES string of the molecule is CC(C)n1nc(-c2cc(F)cc(NS(C)(=O)=O)c2)c2c(N)ncnc21. The number of nitrogens with zero attached hydrogens (tertiary/aromatic N) is 4. The van der Waals surface area contributed by atoms with E-state index in [1.54, 1.807) is 4.68 Å². The van der Waals surface area contributed by atoms with Gasteiger partial charge in [-0.3, -0.25) is 4.72 Å². The van der Waals surface area contributed by atoms with Crippen LogP contribution in [0.1, 0.15) is 19.9 Å². The molecule has 0 aliphatic rings. The molecule has 8 nitrogen and oxygen atoms in total. The van der Waals surface area contributed by atoms with E-state index in [2.05, 4.69) is 19.8 Å². The van der Waals surface area contributed by atoms with E-state index in [-0.39, 0.29) is 17.5 Å². The van der Waals surface area contributed by atoms with Crippen LogP contribution in [0.3, 0.4) is 0 Å². The smallest absolute Gasteiger partial charge is 0.229 e. The molecule has 0 bridgehead atoms. The Morgan fingerprint density at radius 3 is 2.60 bits per heavy atom. The lowest BCUT2D eigenvalue weighted by Crippen LogP contribution is -2.09. The quantitative estimate of drug-likeness (QED) is 0.733. The van der Waals surface area contributed by atoms with Crippen LogP contribution < -0.4 is 10.5 Å². The zero-order valence-electron chi connectivity index (χ0n) is 13.9. The van der Waals surface area contributed by atoms with Gasteiger partial charge in [0.05, 0.1) is 17.3 Å². The highest BCUT2D eigenvalue weighted by molar-refractivity contribution is 7.92. The van der Waals surface area contributed by atoms with Crippen molar-refractivity contribution in [2.45, 2.75) is 19.9 Å². The number of sulfonamides is 1. The number of nitrogen functional groups attached to an aromatic ring is 1. The Morgan fingerprint density at radius 1 is 1.24 bits per heavy atom. The monoisotopic (exact) mass is 364 g/mol. The van der Waals surface area contributed by atoms with E-state index in [1.165, 1.54) is 18.5 Å². The van der Waals surface area contributed by atoms with E-state index in [0.717, 1.165) is 12.3 Å². The first-order chi connectivity index (χ1) is 11.7. The topological polar surface area (TPSA) is 116 Å². The van der Waals surface area contributed by atoms with E-state index < -0.39 is 15.8 Å². The molecule has 2 aromatic heterocycles. The Hall–Kier alpha value is -2.75. The number of hydrogen-bond acceptors (Lipinski definition) is 6. The van der Waals surface area contributed by atoms with Crippen LogP contribution >= 0.6 is 0 Å². The minimum atomic E-state index is -3.54. The highest BCUT2D eigenvalue weighted by atomic mass is 32.2. The Bertz CT molecular complexity index is 1060. The Balaban J connectivity index is 2.27. The van der Waals surface area contributed by atoms with Gasteiger partial charge in [0.15, 0.2) is 5.65 Å². The fraction of sp³-hybridized carbons (Fsp3) is 0.267. The van der Waals surface area contributed by atoms with E-state index in [4.69, 9.17) is 5.73 Å². The minimum Gasteiger partial charge on any atom is -0.383 e. The van der Waals surface area contributed by atoms with Crippen molar-refractivity contribution in [3.05, 3.63) is 30.3 Å². The fourth-order valence-corrected chi connectivity index (χ4v) is 3.10. The molecule has 0 fully saturated rings. The summed E-state index contributed by atoms with van der Waals surface area (Å²) in [6.45, 7) is 3.85. The maximum absolute atomic E-state index is 14.0. The molecule has 3 N–H and O–H groups in total. The Kier molecular flexibility index (Phi) is 4.07. The molecule has 1 aromatic carbocycles. The van der Waals surface area contributed by atoms with Crippen molar-refractivity contribution in [3.8, 4) is 11.3 Å². The molecule has 3 aromatic rings. The van der Waals surface area contributed by atoms with Gasteiger partial charge in [-0.15, -0.1) is 0 Å². The van der Waals surface area contributed by atoms with Crippen molar-refractivity contribution >= 4 is 32.6 Å². The summed E-state index contributed by atoms with van der Waals surface area (Å²) in [7, 11) is -3.54. The predicted molar refractivity (Wildman–Crippen MR) is 94.0 cm³/mol. The summed E-state index contributed by atoms with van der Waals surface area (Å²) in [5, 5.41) is 4.98. The number of anilines is 2. The number of nitrogens with two attached hydrogens (primary N) is 1. The first-order valence-corrected chi connectivity index (χ1v) is 9.32. The first kappa shape index (κ1) is 17.1. The lowest BCUT2D eigenvalue weighted by molar-refractivity contribution is 0.548. The summed E-state index contributed by atoms with van der Waals surface area (Å²) in [4.78, 5) is 8.20. The predicted octanol–water partition coefficient (Wildman–Crippen LogP) is 2.17. The van der Waals surface area contributed by atoms with Gasteiger partial charge >= 0.3 is 0 Å². The maximum Gasteiger partial charge on any atom is 0.229 e. The van der Waals surface area contributed by atoms with Gasteiger partial charge in [0.25, 0.3) is 0 Å². The Morgan fingerprint density at radius 2 is 1.96 bits per heavy atom. The molecule has 0 amide bonds. The van der Waals surface area contributed by atoms with Crippen molar-refractivity contribution < 1.29 is 12.8 Å². The molecule has 0 unspecified atom stereocenters. The minimum absolute atomic E-state index is 0.00674. The van der Waals surface area contributed by atoms with Crippen LogP contribution in [0.2, 0.25) is 0 Å². The van der Waals surface area contributed by atoms with Gasteiger partial charge in [-0.25, -0.2) is 27.5 Å². The van der Waals surface area contributed by atoms with Gasteiger partial charge in [0.1, 0.15) is 23.7 Å². The summed E-state index contributed by atoms with van der Waals surface area (Å²) in [6.07, 6.45) is 2.33. The van der Waals surface area contributed by atoms with Crippen LogP contribution in [0, 0.1) is 5.82 Å². The summed E-state index contributed by atoms with van der Waals surface area (Å²) < 4.78 is 40.8. The number of fused-ring (bicyclic) bond motifs is 1. The molecule has 0 radical (unpaired) electrons. The fourth-order valence-electron chi connectivity index (χ4n) is 2.56. The summed E-state index contributed by atoms with van der Waals surface area (Å²) >= 11 is 0. The van der Waals surface area contributed by atoms with Crippen molar-refractivity contribution in [1.82, 2.24) is 19.7 Å². The normalized spacial score (nSPS) is 12.0. The standard InChI is InChI=1S/C15H17FN6O2S/c1-8(2)22-15-12(14(17)18-7-19-15)13(20-22)9-4-10(16)6-11(5-9)21-25(3,23)24/h4-8,21H,1-3H3,(H2,17,18,19). The van der Waals surface area contributed by atoms with Crippen LogP contribution in [-0.2, 0) is 10.0 Å². The number of nitrogens with one attached hydrogen (secondary N) is 1. The molecular formula is C15H17FN6O2S. The molecule has 10 heteroatoms. The number of aromatic nitrogens is 4. The van der Waals surface area contributed by atoms with E-state index in [0.29, 0.717) is 22.3 Å². The van der Waals surface area contributed by atoms with Gasteiger partial charge in [-0.05, 0) is 32.0 Å². The van der Waals surface area contributed by atoms with Gasteiger partial charge in [-0.2, -0.15) is 5.10 Å². The van der Waals surface area contributed by atoms with Crippen LogP contribution in [0.15, 0.2) is 24.5 Å². The molecule has 25 heavy (non-hydrogen) atoms. The Labute approximate surface area is 143 Å². The number of hydrogen-bond donors (Lipinski definition) is 2. The third kappa shape index (κ3) is 3.38. The summed E-state index contributed by atoms with van der Waals surface area (Å²) in [5.41, 5.74) is 7.36. The number of rotatable bonds is 4. The van der Waals surface area contributed by atoms with Gasteiger partial charge in [0, 0.05) is 11.6 Å². The van der Waals surface area contributed by atoms with Crippen molar-refractivity contribution in [2.24, 2.45) is 0 Å². The molecule has 0 aliphatic heterocycles. The molecule has 132 valence electrons. The molecule has 0 spiro atoms. The average molecular weight is 364 g/mol. The summed E-state index contributed by atoms with van der Waals surface area (Å²) in [5.74, 6) is -0.389. The van der Waals surface area contributed by atoms with Crippen molar-refractivity contribution in [3.63, 3.8) is 0 Å². The average Bonchev–Trinajstić information content (AvgIpc) is 2.86. The van der Waals surface area contributed by atoms with Gasteiger partial charge in [-0.1, -0.05) is 0 Å². The largest absolute Gasteiger partial charge is 0.383 e. The van der Waals surface area contributed by atoms with E-state index in [1.807, 2.05) is 13.8 Å². The third-order valence-corrected chi connectivity index (χ3v) is 4.09. The van der Waals surface area contributed by atoms with E-state index in [9.17, 15) is 12.8 Å². The van der Waals surface area contributed by atoms with Crippen molar-refractivity contribution in [1.29, 1.82) is 0 Å². The zero-order valence-corrected chi connectivity index (χ0v) is 14.7. The third-order valence-electron chi connectivity index (χ3n) is 3.48. The molecule has 0 saturated heterocycles. The van der Waals surface area contributed by atoms with Gasteiger partial charge in [0.2, 0.25) is 10.0 Å². The molecule has 0 saturated carbocycles. The van der Waals surface area contributed by atoms with Crippen LogP contribution in [0.25, 0.3) is 22.3 Å². The molecule has 0 aliphatic carbocycles. The lowest BCUT2D eigenvalue weighted by atomic mass is 10.1. The number of benzene rings is 1. The van der Waals surface area contributed by atoms with Gasteiger partial charge < -0.3 is 5.73 Å². The first-order valence-electron chi connectivity index (χ1n) is 7.43.